The Balaban J connectivity index is 1.28. The summed E-state index contributed by atoms with van der Waals surface area (Å²) in [6, 6.07) is 50.7. The largest absolute Gasteiger partial charge is 0.314 e. The third kappa shape index (κ3) is 6.82. The third-order valence-electron chi connectivity index (χ3n) is 9.55. The molecule has 0 bridgehead atoms. The van der Waals surface area contributed by atoms with Gasteiger partial charge < -0.3 is 4.90 Å². The van der Waals surface area contributed by atoms with Gasteiger partial charge in [0.1, 0.15) is 0 Å². The molecule has 5 aromatic carbocycles. The molecule has 5 aromatic rings. The van der Waals surface area contributed by atoms with Crippen LogP contribution in [0.15, 0.2) is 187 Å². The normalized spacial score (nSPS) is 14.2. The summed E-state index contributed by atoms with van der Waals surface area (Å²) in [5, 5.41) is 0. The van der Waals surface area contributed by atoms with Gasteiger partial charge in [0.05, 0.1) is 0 Å². The first-order valence-electron chi connectivity index (χ1n) is 17.3. The van der Waals surface area contributed by atoms with Crippen molar-refractivity contribution in [3.05, 3.63) is 203 Å². The van der Waals surface area contributed by atoms with E-state index in [2.05, 4.69) is 189 Å². The molecule has 0 saturated carbocycles. The predicted octanol–water partition coefficient (Wildman–Crippen LogP) is 13.0. The molecule has 2 aliphatic rings. The first-order chi connectivity index (χ1) is 23.7. The van der Waals surface area contributed by atoms with Crippen molar-refractivity contribution in [3.8, 4) is 11.1 Å². The molecular formula is C47H43N. The Morgan fingerprint density at radius 2 is 1.04 bits per heavy atom. The molecule has 1 nitrogen and oxygen atoms in total. The maximum absolute atomic E-state index is 2.39. The van der Waals surface area contributed by atoms with Gasteiger partial charge in [-0.2, -0.15) is 0 Å². The van der Waals surface area contributed by atoms with E-state index in [4.69, 9.17) is 0 Å². The van der Waals surface area contributed by atoms with Crippen molar-refractivity contribution in [1.82, 2.24) is 0 Å². The molecule has 0 aromatic heterocycles. The highest BCUT2D eigenvalue weighted by atomic mass is 15.1. The lowest BCUT2D eigenvalue weighted by atomic mass is 9.80. The van der Waals surface area contributed by atoms with Crippen LogP contribution in [0.1, 0.15) is 56.2 Å². The van der Waals surface area contributed by atoms with E-state index >= 15 is 0 Å². The standard InChI is InChI=1S/C47H43N/c1-35(2)36-23-27-41(28-24-36)47(46(39-15-7-3-8-16-39)40-17-9-4-10-18-40)42-29-25-37(26-30-42)38-31-33-45(34-32-38)48(43-19-11-5-12-20-43)44-21-13-6-14-22-44/h3-13,15-21,23,25-27,29-35H,14,22,24,28H2,1-2H3. The van der Waals surface area contributed by atoms with Gasteiger partial charge in [0.25, 0.3) is 0 Å². The van der Waals surface area contributed by atoms with Crippen molar-refractivity contribution in [3.63, 3.8) is 0 Å². The molecule has 1 heteroatoms. The molecule has 0 atom stereocenters. The Morgan fingerprint density at radius 3 is 1.56 bits per heavy atom. The molecule has 0 heterocycles. The Hall–Kier alpha value is -5.40. The van der Waals surface area contributed by atoms with Crippen LogP contribution in [0.25, 0.3) is 22.3 Å². The second-order valence-corrected chi connectivity index (χ2v) is 13.0. The number of hydrogen-bond acceptors (Lipinski definition) is 1. The lowest BCUT2D eigenvalue weighted by Crippen LogP contribution is -2.17. The van der Waals surface area contributed by atoms with Crippen molar-refractivity contribution in [2.24, 2.45) is 5.92 Å². The fourth-order valence-corrected chi connectivity index (χ4v) is 6.96. The second-order valence-electron chi connectivity index (χ2n) is 13.0. The number of para-hydroxylation sites is 1. The van der Waals surface area contributed by atoms with Crippen LogP contribution in [0.4, 0.5) is 11.4 Å². The van der Waals surface area contributed by atoms with Crippen molar-refractivity contribution >= 4 is 22.5 Å². The first kappa shape index (κ1) is 31.2. The molecule has 48 heavy (non-hydrogen) atoms. The maximum atomic E-state index is 2.39. The van der Waals surface area contributed by atoms with Crippen LogP contribution in [0.3, 0.4) is 0 Å². The van der Waals surface area contributed by atoms with Gasteiger partial charge in [-0.1, -0.05) is 159 Å². The summed E-state index contributed by atoms with van der Waals surface area (Å²) in [6.45, 7) is 4.60. The lowest BCUT2D eigenvalue weighted by Gasteiger charge is -2.29. The van der Waals surface area contributed by atoms with Crippen molar-refractivity contribution < 1.29 is 0 Å². The molecule has 0 saturated heterocycles. The molecule has 0 amide bonds. The molecule has 236 valence electrons. The van der Waals surface area contributed by atoms with Crippen molar-refractivity contribution in [2.45, 2.75) is 39.5 Å². The van der Waals surface area contributed by atoms with E-state index in [-0.39, 0.29) is 0 Å². The van der Waals surface area contributed by atoms with E-state index in [0.717, 1.165) is 25.7 Å². The molecular weight excluding hydrogens is 579 g/mol. The number of rotatable bonds is 9. The number of benzene rings is 5. The smallest absolute Gasteiger partial charge is 0.0458 e. The summed E-state index contributed by atoms with van der Waals surface area (Å²) in [5.41, 5.74) is 15.4. The molecule has 0 unspecified atom stereocenters. The minimum atomic E-state index is 0.569. The van der Waals surface area contributed by atoms with Crippen LogP contribution in [0.2, 0.25) is 0 Å². The summed E-state index contributed by atoms with van der Waals surface area (Å²) in [5.74, 6) is 0.569. The minimum absolute atomic E-state index is 0.569. The fraction of sp³-hybridized carbons (Fsp3) is 0.149. The number of nitrogens with zero attached hydrogens (tertiary/aromatic N) is 1. The van der Waals surface area contributed by atoms with Gasteiger partial charge in [0.2, 0.25) is 0 Å². The molecule has 0 radical (unpaired) electrons. The van der Waals surface area contributed by atoms with Crippen LogP contribution in [0.5, 0.6) is 0 Å². The van der Waals surface area contributed by atoms with Gasteiger partial charge in [0, 0.05) is 17.1 Å². The lowest BCUT2D eigenvalue weighted by molar-refractivity contribution is 0.704. The number of allylic oxidation sites excluding steroid dienone is 9. The van der Waals surface area contributed by atoms with E-state index in [1.165, 1.54) is 67.2 Å². The number of anilines is 2. The summed E-state index contributed by atoms with van der Waals surface area (Å²) in [4.78, 5) is 2.39. The van der Waals surface area contributed by atoms with E-state index in [9.17, 15) is 0 Å². The third-order valence-corrected chi connectivity index (χ3v) is 9.55. The number of hydrogen-bond donors (Lipinski definition) is 0. The predicted molar refractivity (Wildman–Crippen MR) is 206 cm³/mol. The Morgan fingerprint density at radius 1 is 0.500 bits per heavy atom. The highest BCUT2D eigenvalue weighted by molar-refractivity contribution is 6.04. The average Bonchev–Trinajstić information content (AvgIpc) is 3.16. The topological polar surface area (TPSA) is 3.24 Å². The first-order valence-corrected chi connectivity index (χ1v) is 17.3. The average molecular weight is 622 g/mol. The van der Waals surface area contributed by atoms with Crippen LogP contribution >= 0.6 is 0 Å². The fourth-order valence-electron chi connectivity index (χ4n) is 6.96. The Kier molecular flexibility index (Phi) is 9.48. The summed E-state index contributed by atoms with van der Waals surface area (Å²) < 4.78 is 0. The van der Waals surface area contributed by atoms with Gasteiger partial charge in [-0.05, 0) is 106 Å². The van der Waals surface area contributed by atoms with Crippen molar-refractivity contribution in [1.29, 1.82) is 0 Å². The molecule has 0 spiro atoms. The van der Waals surface area contributed by atoms with E-state index in [1.54, 1.807) is 0 Å². The zero-order valence-corrected chi connectivity index (χ0v) is 28.0. The Labute approximate surface area is 286 Å². The SMILES string of the molecule is CC(C)C1=CC=C(C(=C(c2ccccc2)c2ccccc2)c2ccc(-c3ccc(N(C4=CC=CCC4)c4ccccc4)cc3)cc2)CC1. The summed E-state index contributed by atoms with van der Waals surface area (Å²) in [7, 11) is 0. The molecule has 2 aliphatic carbocycles. The zero-order chi connectivity index (χ0) is 32.7. The van der Waals surface area contributed by atoms with Gasteiger partial charge in [-0.25, -0.2) is 0 Å². The van der Waals surface area contributed by atoms with E-state index in [0.29, 0.717) is 5.92 Å². The van der Waals surface area contributed by atoms with Crippen LogP contribution in [-0.4, -0.2) is 0 Å². The molecule has 0 aliphatic heterocycles. The highest BCUT2D eigenvalue weighted by Crippen LogP contribution is 2.41. The molecule has 7 rings (SSSR count). The van der Waals surface area contributed by atoms with E-state index < -0.39 is 0 Å². The van der Waals surface area contributed by atoms with Gasteiger partial charge >= 0.3 is 0 Å². The van der Waals surface area contributed by atoms with Gasteiger partial charge in [-0.15, -0.1) is 0 Å². The molecule has 0 fully saturated rings. The van der Waals surface area contributed by atoms with Crippen molar-refractivity contribution in [2.75, 3.05) is 4.90 Å². The van der Waals surface area contributed by atoms with Crippen LogP contribution < -0.4 is 4.90 Å². The second kappa shape index (κ2) is 14.6. The van der Waals surface area contributed by atoms with E-state index in [1.807, 2.05) is 0 Å². The van der Waals surface area contributed by atoms with Gasteiger partial charge in [0.15, 0.2) is 0 Å². The minimum Gasteiger partial charge on any atom is -0.314 e. The van der Waals surface area contributed by atoms with Gasteiger partial charge in [-0.3, -0.25) is 0 Å². The summed E-state index contributed by atoms with van der Waals surface area (Å²) >= 11 is 0. The maximum Gasteiger partial charge on any atom is 0.0458 e. The monoisotopic (exact) mass is 621 g/mol. The highest BCUT2D eigenvalue weighted by Gasteiger charge is 2.21. The van der Waals surface area contributed by atoms with Crippen LogP contribution in [-0.2, 0) is 0 Å². The zero-order valence-electron chi connectivity index (χ0n) is 28.0. The summed E-state index contributed by atoms with van der Waals surface area (Å²) in [6.07, 6.45) is 15.6. The molecule has 0 N–H and O–H groups in total. The quantitative estimate of drug-likeness (QED) is 0.148. The Bertz CT molecular complexity index is 1950. The van der Waals surface area contributed by atoms with Crippen LogP contribution in [0, 0.1) is 5.92 Å².